The zero-order valence-corrected chi connectivity index (χ0v) is 8.12. The van der Waals surface area contributed by atoms with Crippen LogP contribution in [0.2, 0.25) is 0 Å². The molecule has 1 aromatic rings. The van der Waals surface area contributed by atoms with Crippen molar-refractivity contribution in [1.82, 2.24) is 9.97 Å². The Morgan fingerprint density at radius 2 is 2.00 bits per heavy atom. The summed E-state index contributed by atoms with van der Waals surface area (Å²) < 4.78 is 0. The van der Waals surface area contributed by atoms with Gasteiger partial charge in [-0.3, -0.25) is 0 Å². The van der Waals surface area contributed by atoms with E-state index < -0.39 is 0 Å². The number of nitrogens with zero attached hydrogens (tertiary/aromatic N) is 2. The molecule has 4 heteroatoms. The minimum Gasteiger partial charge on any atom is -0.382 e. The molecule has 0 aromatic carbocycles. The Morgan fingerprint density at radius 1 is 1.31 bits per heavy atom. The molecule has 1 rings (SSSR count). The SMILES string of the molecule is CCC(CC)Nc1cnc(N)cn1. The molecule has 0 fully saturated rings. The van der Waals surface area contributed by atoms with Crippen LogP contribution in [0.4, 0.5) is 11.6 Å². The number of nitrogens with one attached hydrogen (secondary N) is 1. The highest BCUT2D eigenvalue weighted by molar-refractivity contribution is 5.36. The molecule has 1 aromatic heterocycles. The Morgan fingerprint density at radius 3 is 2.46 bits per heavy atom. The molecule has 0 bridgehead atoms. The number of nitrogens with two attached hydrogens (primary N) is 1. The van der Waals surface area contributed by atoms with Gasteiger partial charge >= 0.3 is 0 Å². The number of anilines is 2. The van der Waals surface area contributed by atoms with Crippen molar-refractivity contribution in [1.29, 1.82) is 0 Å². The standard InChI is InChI=1S/C9H16N4/c1-3-7(4-2)13-9-6-11-8(10)5-12-9/h5-7H,3-4H2,1-2H3,(H2,10,11)(H,12,13). The molecule has 0 spiro atoms. The van der Waals surface area contributed by atoms with Crippen LogP contribution < -0.4 is 11.1 Å². The second kappa shape index (κ2) is 4.64. The molecule has 0 aliphatic rings. The van der Waals surface area contributed by atoms with Gasteiger partial charge < -0.3 is 11.1 Å². The smallest absolute Gasteiger partial charge is 0.144 e. The van der Waals surface area contributed by atoms with Gasteiger partial charge in [0, 0.05) is 6.04 Å². The van der Waals surface area contributed by atoms with Gasteiger partial charge in [-0.25, -0.2) is 9.97 Å². The molecule has 0 aliphatic carbocycles. The maximum atomic E-state index is 5.42. The summed E-state index contributed by atoms with van der Waals surface area (Å²) in [6.07, 6.45) is 5.39. The van der Waals surface area contributed by atoms with Crippen LogP contribution in [0.1, 0.15) is 26.7 Å². The van der Waals surface area contributed by atoms with E-state index in [-0.39, 0.29) is 0 Å². The molecule has 72 valence electrons. The topological polar surface area (TPSA) is 63.8 Å². The zero-order valence-electron chi connectivity index (χ0n) is 8.12. The van der Waals surface area contributed by atoms with Gasteiger partial charge in [-0.05, 0) is 12.8 Å². The highest BCUT2D eigenvalue weighted by atomic mass is 15.0. The minimum absolute atomic E-state index is 0.454. The van der Waals surface area contributed by atoms with Crippen LogP contribution in [0, 0.1) is 0 Å². The van der Waals surface area contributed by atoms with Crippen molar-refractivity contribution in [2.75, 3.05) is 11.1 Å². The summed E-state index contributed by atoms with van der Waals surface area (Å²) in [7, 11) is 0. The van der Waals surface area contributed by atoms with Crippen LogP contribution >= 0.6 is 0 Å². The molecular formula is C9H16N4. The van der Waals surface area contributed by atoms with Crippen LogP contribution in [0.15, 0.2) is 12.4 Å². The first-order chi connectivity index (χ1) is 6.26. The number of aromatic nitrogens is 2. The molecule has 0 unspecified atom stereocenters. The highest BCUT2D eigenvalue weighted by Gasteiger charge is 2.03. The largest absolute Gasteiger partial charge is 0.382 e. The average Bonchev–Trinajstić information content (AvgIpc) is 2.17. The van der Waals surface area contributed by atoms with Crippen molar-refractivity contribution in [2.45, 2.75) is 32.7 Å². The Bertz CT molecular complexity index is 240. The first-order valence-corrected chi connectivity index (χ1v) is 4.60. The van der Waals surface area contributed by atoms with Crippen LogP contribution in [-0.2, 0) is 0 Å². The molecule has 3 N–H and O–H groups in total. The van der Waals surface area contributed by atoms with Crippen molar-refractivity contribution in [3.05, 3.63) is 12.4 Å². The predicted molar refractivity (Wildman–Crippen MR) is 54.4 cm³/mol. The van der Waals surface area contributed by atoms with Gasteiger partial charge in [0.2, 0.25) is 0 Å². The van der Waals surface area contributed by atoms with E-state index in [0.717, 1.165) is 18.7 Å². The fourth-order valence-corrected chi connectivity index (χ4v) is 1.11. The Labute approximate surface area is 78.6 Å². The molecule has 0 amide bonds. The van der Waals surface area contributed by atoms with Gasteiger partial charge in [0.1, 0.15) is 11.6 Å². The maximum Gasteiger partial charge on any atom is 0.144 e. The molecule has 0 aliphatic heterocycles. The zero-order chi connectivity index (χ0) is 9.68. The van der Waals surface area contributed by atoms with Gasteiger partial charge in [0.15, 0.2) is 0 Å². The van der Waals surface area contributed by atoms with Crippen molar-refractivity contribution < 1.29 is 0 Å². The maximum absolute atomic E-state index is 5.42. The van der Waals surface area contributed by atoms with Crippen molar-refractivity contribution in [2.24, 2.45) is 0 Å². The number of nitrogen functional groups attached to an aromatic ring is 1. The summed E-state index contributed by atoms with van der Waals surface area (Å²) in [4.78, 5) is 8.07. The second-order valence-corrected chi connectivity index (χ2v) is 2.98. The molecule has 4 nitrogen and oxygen atoms in total. The van der Waals surface area contributed by atoms with Gasteiger partial charge in [0.25, 0.3) is 0 Å². The lowest BCUT2D eigenvalue weighted by Crippen LogP contribution is -2.17. The van der Waals surface area contributed by atoms with Crippen molar-refractivity contribution >= 4 is 11.6 Å². The number of rotatable bonds is 4. The second-order valence-electron chi connectivity index (χ2n) is 2.98. The molecule has 13 heavy (non-hydrogen) atoms. The van der Waals surface area contributed by atoms with E-state index in [1.807, 2.05) is 0 Å². The van der Waals surface area contributed by atoms with E-state index in [2.05, 4.69) is 29.1 Å². The highest BCUT2D eigenvalue weighted by Crippen LogP contribution is 2.07. The summed E-state index contributed by atoms with van der Waals surface area (Å²) in [6, 6.07) is 0.470. The lowest BCUT2D eigenvalue weighted by atomic mass is 10.2. The van der Waals surface area contributed by atoms with Gasteiger partial charge in [-0.1, -0.05) is 13.8 Å². The third-order valence-corrected chi connectivity index (χ3v) is 2.01. The van der Waals surface area contributed by atoms with Gasteiger partial charge in [-0.2, -0.15) is 0 Å². The Hall–Kier alpha value is -1.32. The van der Waals surface area contributed by atoms with E-state index in [9.17, 15) is 0 Å². The summed E-state index contributed by atoms with van der Waals surface area (Å²) >= 11 is 0. The lowest BCUT2D eigenvalue weighted by molar-refractivity contribution is 0.668. The van der Waals surface area contributed by atoms with E-state index >= 15 is 0 Å². The summed E-state index contributed by atoms with van der Waals surface area (Å²) in [6.45, 7) is 4.29. The van der Waals surface area contributed by atoms with E-state index in [4.69, 9.17) is 5.73 Å². The van der Waals surface area contributed by atoms with Crippen molar-refractivity contribution in [3.8, 4) is 0 Å². The minimum atomic E-state index is 0.454. The summed E-state index contributed by atoms with van der Waals surface area (Å²) in [5.41, 5.74) is 5.42. The van der Waals surface area contributed by atoms with Crippen LogP contribution in [0.25, 0.3) is 0 Å². The average molecular weight is 180 g/mol. The quantitative estimate of drug-likeness (QED) is 0.739. The molecule has 0 radical (unpaired) electrons. The van der Waals surface area contributed by atoms with Gasteiger partial charge in [0.05, 0.1) is 12.4 Å². The van der Waals surface area contributed by atoms with E-state index in [1.165, 1.54) is 0 Å². The fourth-order valence-electron chi connectivity index (χ4n) is 1.11. The number of hydrogen-bond acceptors (Lipinski definition) is 4. The molecular weight excluding hydrogens is 164 g/mol. The summed E-state index contributed by atoms with van der Waals surface area (Å²) in [5.74, 6) is 1.25. The molecule has 0 saturated heterocycles. The number of hydrogen-bond donors (Lipinski definition) is 2. The summed E-state index contributed by atoms with van der Waals surface area (Å²) in [5, 5.41) is 3.28. The first kappa shape index (κ1) is 9.77. The first-order valence-electron chi connectivity index (χ1n) is 4.60. The van der Waals surface area contributed by atoms with E-state index in [0.29, 0.717) is 11.9 Å². The Balaban J connectivity index is 2.58. The normalized spacial score (nSPS) is 10.4. The Kier molecular flexibility index (Phi) is 3.49. The van der Waals surface area contributed by atoms with Crippen LogP contribution in [0.3, 0.4) is 0 Å². The van der Waals surface area contributed by atoms with Gasteiger partial charge in [-0.15, -0.1) is 0 Å². The van der Waals surface area contributed by atoms with Crippen LogP contribution in [0.5, 0.6) is 0 Å². The van der Waals surface area contributed by atoms with E-state index in [1.54, 1.807) is 12.4 Å². The monoisotopic (exact) mass is 180 g/mol. The molecule has 0 atom stereocenters. The van der Waals surface area contributed by atoms with Crippen molar-refractivity contribution in [3.63, 3.8) is 0 Å². The predicted octanol–water partition coefficient (Wildman–Crippen LogP) is 1.66. The lowest BCUT2D eigenvalue weighted by Gasteiger charge is -2.14. The third-order valence-electron chi connectivity index (χ3n) is 2.01. The molecule has 1 heterocycles. The molecule has 0 saturated carbocycles. The van der Waals surface area contributed by atoms with Crippen LogP contribution in [-0.4, -0.2) is 16.0 Å². The fraction of sp³-hybridized carbons (Fsp3) is 0.556. The third kappa shape index (κ3) is 2.89.